The first-order valence-corrected chi connectivity index (χ1v) is 14.3. The molecule has 4 atom stereocenters. The molecule has 228 valence electrons. The SMILES string of the molecule is CNC(=O)[C@H](Cc1ccc(OC)cc1)NC(=O)[C@@H]1Cc2ccc(cc2)OCCC[C@H](C(=O)NO)[C@@H](CC(C)C)C(=O)N1. The Kier molecular flexibility index (Phi) is 12.2. The van der Waals surface area contributed by atoms with Crippen LogP contribution >= 0.6 is 0 Å². The van der Waals surface area contributed by atoms with E-state index < -0.39 is 41.6 Å². The maximum absolute atomic E-state index is 13.8. The minimum absolute atomic E-state index is 0.0612. The van der Waals surface area contributed by atoms with Crippen LogP contribution in [0.2, 0.25) is 0 Å². The molecule has 2 aromatic rings. The molecule has 4 rings (SSSR count). The highest BCUT2D eigenvalue weighted by molar-refractivity contribution is 5.94. The fourth-order valence-electron chi connectivity index (χ4n) is 5.15. The van der Waals surface area contributed by atoms with Crippen molar-refractivity contribution in [3.63, 3.8) is 0 Å². The molecule has 0 saturated carbocycles. The number of hydroxylamine groups is 1. The van der Waals surface area contributed by atoms with Crippen molar-refractivity contribution in [2.24, 2.45) is 17.8 Å². The Morgan fingerprint density at radius 2 is 1.76 bits per heavy atom. The molecule has 0 unspecified atom stereocenters. The molecule has 5 N–H and O–H groups in total. The minimum atomic E-state index is -1.04. The van der Waals surface area contributed by atoms with E-state index in [0.717, 1.165) is 11.1 Å². The molecule has 11 nitrogen and oxygen atoms in total. The van der Waals surface area contributed by atoms with Crippen LogP contribution in [-0.4, -0.2) is 61.7 Å². The summed E-state index contributed by atoms with van der Waals surface area (Å²) in [6, 6.07) is 12.5. The summed E-state index contributed by atoms with van der Waals surface area (Å²) in [6.45, 7) is 4.21. The van der Waals surface area contributed by atoms with E-state index in [-0.39, 0.29) is 24.7 Å². The van der Waals surface area contributed by atoms with Crippen molar-refractivity contribution in [2.45, 2.75) is 58.0 Å². The standard InChI is InChI=1S/C31H42N4O7/c1-19(2)16-25-24(29(37)35-40)6-5-15-42-23-13-9-21(10-14-23)18-27(33-28(25)36)31(39)34-26(30(38)32-3)17-20-7-11-22(41-4)12-8-20/h7-14,19,24-27,40H,5-6,15-18H2,1-4H3,(H,32,38)(H,33,36)(H,34,39)(H,35,37)/t24-,25+,26-,27-/m0/s1. The van der Waals surface area contributed by atoms with Crippen molar-refractivity contribution in [3.8, 4) is 11.5 Å². The largest absolute Gasteiger partial charge is 0.497 e. The number of hydrogen-bond donors (Lipinski definition) is 5. The molecule has 0 fully saturated rings. The van der Waals surface area contributed by atoms with Gasteiger partial charge in [-0.15, -0.1) is 0 Å². The van der Waals surface area contributed by atoms with Crippen LogP contribution in [0.1, 0.15) is 44.2 Å². The van der Waals surface area contributed by atoms with Crippen molar-refractivity contribution in [1.82, 2.24) is 21.4 Å². The van der Waals surface area contributed by atoms with E-state index in [4.69, 9.17) is 9.47 Å². The van der Waals surface area contributed by atoms with Crippen molar-refractivity contribution >= 4 is 23.6 Å². The molecular formula is C31H42N4O7. The van der Waals surface area contributed by atoms with Crippen LogP contribution in [0.25, 0.3) is 0 Å². The Labute approximate surface area is 246 Å². The second-order valence-corrected chi connectivity index (χ2v) is 10.9. The lowest BCUT2D eigenvalue weighted by Crippen LogP contribution is -2.56. The third-order valence-corrected chi connectivity index (χ3v) is 7.40. The molecule has 0 aromatic heterocycles. The van der Waals surface area contributed by atoms with E-state index in [1.807, 2.05) is 38.1 Å². The number of rotatable bonds is 9. The van der Waals surface area contributed by atoms with Crippen LogP contribution in [0.15, 0.2) is 48.5 Å². The van der Waals surface area contributed by atoms with Crippen LogP contribution in [0.5, 0.6) is 11.5 Å². The number of benzene rings is 2. The van der Waals surface area contributed by atoms with E-state index in [0.29, 0.717) is 37.4 Å². The molecule has 42 heavy (non-hydrogen) atoms. The van der Waals surface area contributed by atoms with Gasteiger partial charge in [0.15, 0.2) is 0 Å². The number of fused-ring (bicyclic) bond motifs is 11. The highest BCUT2D eigenvalue weighted by atomic mass is 16.5. The summed E-state index contributed by atoms with van der Waals surface area (Å²) in [5.41, 5.74) is 3.29. The summed E-state index contributed by atoms with van der Waals surface area (Å²) in [4.78, 5) is 53.0. The van der Waals surface area contributed by atoms with Gasteiger partial charge in [0.25, 0.3) is 0 Å². The first-order valence-electron chi connectivity index (χ1n) is 14.3. The van der Waals surface area contributed by atoms with Crippen LogP contribution < -0.4 is 30.9 Å². The lowest BCUT2D eigenvalue weighted by molar-refractivity contribution is -0.142. The lowest BCUT2D eigenvalue weighted by Gasteiger charge is -2.29. The fraction of sp³-hybridized carbons (Fsp3) is 0.484. The zero-order valence-electron chi connectivity index (χ0n) is 24.6. The Balaban J connectivity index is 1.92. The molecule has 4 amide bonds. The first-order chi connectivity index (χ1) is 20.1. The van der Waals surface area contributed by atoms with Gasteiger partial charge in [-0.1, -0.05) is 38.1 Å². The monoisotopic (exact) mass is 582 g/mol. The maximum atomic E-state index is 13.8. The summed E-state index contributed by atoms with van der Waals surface area (Å²) in [5, 5.41) is 17.7. The summed E-state index contributed by atoms with van der Waals surface area (Å²) >= 11 is 0. The smallest absolute Gasteiger partial charge is 0.247 e. The topological polar surface area (TPSA) is 155 Å². The predicted molar refractivity (Wildman–Crippen MR) is 156 cm³/mol. The van der Waals surface area contributed by atoms with Gasteiger partial charge < -0.3 is 25.4 Å². The molecular weight excluding hydrogens is 540 g/mol. The molecule has 2 aliphatic heterocycles. The van der Waals surface area contributed by atoms with E-state index in [2.05, 4.69) is 16.0 Å². The van der Waals surface area contributed by atoms with Crippen molar-refractivity contribution in [2.75, 3.05) is 20.8 Å². The number of nitrogens with one attached hydrogen (secondary N) is 4. The molecule has 0 aliphatic carbocycles. The maximum Gasteiger partial charge on any atom is 0.247 e. The van der Waals surface area contributed by atoms with E-state index in [1.165, 1.54) is 7.05 Å². The van der Waals surface area contributed by atoms with Gasteiger partial charge in [-0.3, -0.25) is 24.4 Å². The van der Waals surface area contributed by atoms with Gasteiger partial charge in [-0.2, -0.15) is 0 Å². The Morgan fingerprint density at radius 3 is 2.36 bits per heavy atom. The van der Waals surface area contributed by atoms with Gasteiger partial charge in [0.05, 0.1) is 19.6 Å². The Bertz CT molecular complexity index is 1200. The Morgan fingerprint density at radius 1 is 1.07 bits per heavy atom. The molecule has 2 aromatic carbocycles. The van der Waals surface area contributed by atoms with Crippen molar-refractivity contribution < 1.29 is 33.9 Å². The van der Waals surface area contributed by atoms with Crippen LogP contribution in [-0.2, 0) is 32.0 Å². The molecule has 0 radical (unpaired) electrons. The summed E-state index contributed by atoms with van der Waals surface area (Å²) < 4.78 is 11.0. The van der Waals surface area contributed by atoms with Gasteiger partial charge in [-0.25, -0.2) is 5.48 Å². The van der Waals surface area contributed by atoms with Gasteiger partial charge in [-0.05, 0) is 60.6 Å². The molecule has 0 spiro atoms. The number of hydrogen-bond acceptors (Lipinski definition) is 7. The van der Waals surface area contributed by atoms with Gasteiger partial charge in [0.1, 0.15) is 23.6 Å². The second kappa shape index (κ2) is 15.8. The second-order valence-electron chi connectivity index (χ2n) is 10.9. The first kappa shape index (κ1) is 32.4. The summed E-state index contributed by atoms with van der Waals surface area (Å²) in [6.07, 6.45) is 1.51. The highest BCUT2D eigenvalue weighted by Gasteiger charge is 2.36. The number of carbonyl (C=O) groups excluding carboxylic acids is 4. The third kappa shape index (κ3) is 9.20. The molecule has 2 aliphatic rings. The minimum Gasteiger partial charge on any atom is -0.497 e. The molecule has 2 heterocycles. The summed E-state index contributed by atoms with van der Waals surface area (Å²) in [5.74, 6) is -2.32. The zero-order valence-corrected chi connectivity index (χ0v) is 24.6. The van der Waals surface area contributed by atoms with E-state index >= 15 is 0 Å². The van der Waals surface area contributed by atoms with Crippen LogP contribution in [0, 0.1) is 17.8 Å². The quantitative estimate of drug-likeness (QED) is 0.224. The number of likely N-dealkylation sites (N-methyl/N-ethyl adjacent to an activating group) is 1. The Hall–Kier alpha value is -4.12. The molecule has 0 saturated heterocycles. The van der Waals surface area contributed by atoms with E-state index in [1.54, 1.807) is 36.9 Å². The van der Waals surface area contributed by atoms with E-state index in [9.17, 15) is 24.4 Å². The predicted octanol–water partition coefficient (Wildman–Crippen LogP) is 2.15. The molecule has 11 heteroatoms. The van der Waals surface area contributed by atoms with Gasteiger partial charge >= 0.3 is 0 Å². The van der Waals surface area contributed by atoms with Crippen molar-refractivity contribution in [3.05, 3.63) is 59.7 Å². The van der Waals surface area contributed by atoms with Crippen LogP contribution in [0.3, 0.4) is 0 Å². The van der Waals surface area contributed by atoms with Gasteiger partial charge in [0.2, 0.25) is 23.6 Å². The highest BCUT2D eigenvalue weighted by Crippen LogP contribution is 2.27. The zero-order chi connectivity index (χ0) is 30.6. The fourth-order valence-corrected chi connectivity index (χ4v) is 5.15. The normalized spacial score (nSPS) is 20.0. The lowest BCUT2D eigenvalue weighted by atomic mass is 9.81. The number of methoxy groups -OCH3 is 1. The number of carbonyl (C=O) groups is 4. The average molecular weight is 583 g/mol. The van der Waals surface area contributed by atoms with Crippen molar-refractivity contribution in [1.29, 1.82) is 0 Å². The number of ether oxygens (including phenoxy) is 2. The van der Waals surface area contributed by atoms with Crippen LogP contribution in [0.4, 0.5) is 0 Å². The molecule has 2 bridgehead atoms. The third-order valence-electron chi connectivity index (χ3n) is 7.40. The average Bonchev–Trinajstić information content (AvgIpc) is 2.99. The summed E-state index contributed by atoms with van der Waals surface area (Å²) in [7, 11) is 3.05. The number of amides is 4. The van der Waals surface area contributed by atoms with Gasteiger partial charge in [0, 0.05) is 25.8 Å².